The number of hydrogen-bond donors (Lipinski definition) is 1. The summed E-state index contributed by atoms with van der Waals surface area (Å²) < 4.78 is 77.0. The first-order valence-electron chi connectivity index (χ1n) is 4.61. The van der Waals surface area contributed by atoms with Crippen LogP contribution in [-0.4, -0.2) is 16.5 Å². The molecular weight excluding hydrogens is 304 g/mol. The number of halogens is 7. The monoisotopic (exact) mass is 309 g/mol. The molecule has 10 heteroatoms. The molecule has 1 aromatic heterocycles. The maximum atomic E-state index is 12.6. The van der Waals surface area contributed by atoms with Crippen LogP contribution in [0.3, 0.4) is 0 Å². The van der Waals surface area contributed by atoms with Crippen LogP contribution in [0.1, 0.15) is 17.0 Å². The highest BCUT2D eigenvalue weighted by Gasteiger charge is 2.41. The van der Waals surface area contributed by atoms with Gasteiger partial charge in [-0.3, -0.25) is 0 Å². The third-order valence-corrected chi connectivity index (χ3v) is 2.23. The Morgan fingerprint density at radius 3 is 2.16 bits per heavy atom. The van der Waals surface area contributed by atoms with Gasteiger partial charge in [-0.05, 0) is 11.6 Å². The Balaban J connectivity index is 3.41. The number of rotatable bonds is 3. The van der Waals surface area contributed by atoms with E-state index < -0.39 is 42.2 Å². The Morgan fingerprint density at radius 2 is 1.79 bits per heavy atom. The Labute approximate surface area is 107 Å². The lowest BCUT2D eigenvalue weighted by molar-refractivity contribution is -0.276. The highest BCUT2D eigenvalue weighted by atomic mass is 35.5. The zero-order valence-electron chi connectivity index (χ0n) is 8.94. The standard InChI is InChI=1S/C9H6ClF6NO2/c10-2-4-1-6(19-9(14,15)16)7(8(11,12)13)17-5(4)3-18/h1,18H,2-3H2. The molecule has 3 nitrogen and oxygen atoms in total. The van der Waals surface area contributed by atoms with Crippen LogP contribution in [0.25, 0.3) is 0 Å². The summed E-state index contributed by atoms with van der Waals surface area (Å²) in [7, 11) is 0. The zero-order chi connectivity index (χ0) is 14.8. The smallest absolute Gasteiger partial charge is 0.403 e. The summed E-state index contributed by atoms with van der Waals surface area (Å²) >= 11 is 5.35. The number of hydrogen-bond acceptors (Lipinski definition) is 3. The molecule has 0 aliphatic heterocycles. The molecule has 0 unspecified atom stereocenters. The molecule has 1 rings (SSSR count). The summed E-state index contributed by atoms with van der Waals surface area (Å²) in [5, 5.41) is 8.81. The van der Waals surface area contributed by atoms with Gasteiger partial charge in [0.2, 0.25) is 0 Å². The molecule has 0 aliphatic carbocycles. The lowest BCUT2D eigenvalue weighted by Gasteiger charge is -2.17. The van der Waals surface area contributed by atoms with Crippen LogP contribution in [-0.2, 0) is 18.7 Å². The SMILES string of the molecule is OCc1nc(C(F)(F)F)c(OC(F)(F)F)cc1CCl. The largest absolute Gasteiger partial charge is 0.573 e. The van der Waals surface area contributed by atoms with E-state index in [1.807, 2.05) is 0 Å². The summed E-state index contributed by atoms with van der Waals surface area (Å²) in [6, 6.07) is 0.460. The van der Waals surface area contributed by atoms with E-state index in [9.17, 15) is 26.3 Å². The number of aliphatic hydroxyl groups excluding tert-OH is 1. The van der Waals surface area contributed by atoms with E-state index in [1.165, 1.54) is 0 Å². The lowest BCUT2D eigenvalue weighted by Crippen LogP contribution is -2.22. The van der Waals surface area contributed by atoms with E-state index in [0.717, 1.165) is 0 Å². The second-order valence-electron chi connectivity index (χ2n) is 3.28. The normalized spacial score (nSPS) is 12.6. The summed E-state index contributed by atoms with van der Waals surface area (Å²) in [5.41, 5.74) is -2.52. The number of alkyl halides is 7. The van der Waals surface area contributed by atoms with Crippen molar-refractivity contribution in [3.8, 4) is 5.75 Å². The summed E-state index contributed by atoms with van der Waals surface area (Å²) in [4.78, 5) is 2.93. The van der Waals surface area contributed by atoms with Crippen LogP contribution in [0.4, 0.5) is 26.3 Å². The fraction of sp³-hybridized carbons (Fsp3) is 0.444. The van der Waals surface area contributed by atoms with Crippen molar-refractivity contribution in [3.63, 3.8) is 0 Å². The van der Waals surface area contributed by atoms with Gasteiger partial charge in [0.25, 0.3) is 0 Å². The van der Waals surface area contributed by atoms with E-state index in [2.05, 4.69) is 9.72 Å². The highest BCUT2D eigenvalue weighted by molar-refractivity contribution is 6.17. The molecule has 1 N–H and O–H groups in total. The minimum Gasteiger partial charge on any atom is -0.403 e. The molecule has 108 valence electrons. The van der Waals surface area contributed by atoms with Crippen LogP contribution in [0.15, 0.2) is 6.07 Å². The maximum absolute atomic E-state index is 12.6. The third-order valence-electron chi connectivity index (χ3n) is 1.94. The Bertz CT molecular complexity index is 459. The van der Waals surface area contributed by atoms with Crippen molar-refractivity contribution in [2.24, 2.45) is 0 Å². The van der Waals surface area contributed by atoms with Crippen molar-refractivity contribution in [1.29, 1.82) is 0 Å². The van der Waals surface area contributed by atoms with Gasteiger partial charge in [-0.15, -0.1) is 24.8 Å². The number of pyridine rings is 1. The molecule has 0 bridgehead atoms. The van der Waals surface area contributed by atoms with E-state index in [-0.39, 0.29) is 5.56 Å². The van der Waals surface area contributed by atoms with E-state index >= 15 is 0 Å². The zero-order valence-corrected chi connectivity index (χ0v) is 9.70. The lowest BCUT2D eigenvalue weighted by atomic mass is 10.2. The first kappa shape index (κ1) is 15.8. The molecule has 1 aromatic rings. The summed E-state index contributed by atoms with van der Waals surface area (Å²) in [6.07, 6.45) is -10.5. The van der Waals surface area contributed by atoms with Crippen molar-refractivity contribution in [3.05, 3.63) is 23.0 Å². The summed E-state index contributed by atoms with van der Waals surface area (Å²) in [6.45, 7) is -0.891. The van der Waals surface area contributed by atoms with Crippen molar-refractivity contribution in [1.82, 2.24) is 4.98 Å². The topological polar surface area (TPSA) is 42.4 Å². The predicted molar refractivity (Wildman–Crippen MR) is 51.4 cm³/mol. The Kier molecular flexibility index (Phi) is 4.51. The van der Waals surface area contributed by atoms with Gasteiger partial charge in [0.15, 0.2) is 11.4 Å². The molecule has 0 atom stereocenters. The molecule has 0 radical (unpaired) electrons. The highest BCUT2D eigenvalue weighted by Crippen LogP contribution is 2.38. The van der Waals surface area contributed by atoms with Crippen LogP contribution in [0.2, 0.25) is 0 Å². The number of aromatic nitrogens is 1. The van der Waals surface area contributed by atoms with Gasteiger partial charge < -0.3 is 9.84 Å². The Hall–Kier alpha value is -1.22. The average molecular weight is 310 g/mol. The second kappa shape index (κ2) is 5.41. The van der Waals surface area contributed by atoms with Gasteiger partial charge in [0.1, 0.15) is 0 Å². The van der Waals surface area contributed by atoms with Crippen LogP contribution < -0.4 is 4.74 Å². The van der Waals surface area contributed by atoms with Crippen molar-refractivity contribution in [2.45, 2.75) is 25.0 Å². The van der Waals surface area contributed by atoms with Crippen LogP contribution in [0, 0.1) is 0 Å². The van der Waals surface area contributed by atoms with Crippen LogP contribution in [0.5, 0.6) is 5.75 Å². The third kappa shape index (κ3) is 4.13. The molecule has 19 heavy (non-hydrogen) atoms. The van der Waals surface area contributed by atoms with E-state index in [4.69, 9.17) is 16.7 Å². The van der Waals surface area contributed by atoms with Gasteiger partial charge in [-0.25, -0.2) is 4.98 Å². The molecule has 0 aliphatic rings. The molecular formula is C9H6ClF6NO2. The van der Waals surface area contributed by atoms with Crippen molar-refractivity contribution < 1.29 is 36.2 Å². The quantitative estimate of drug-likeness (QED) is 0.688. The first-order chi connectivity index (χ1) is 8.58. The molecule has 1 heterocycles. The van der Waals surface area contributed by atoms with Crippen molar-refractivity contribution in [2.75, 3.05) is 0 Å². The fourth-order valence-electron chi connectivity index (χ4n) is 1.23. The minimum absolute atomic E-state index is 0.184. The minimum atomic E-state index is -5.30. The molecule has 0 aromatic carbocycles. The molecule has 0 fully saturated rings. The van der Waals surface area contributed by atoms with Gasteiger partial charge >= 0.3 is 12.5 Å². The molecule has 0 saturated heterocycles. The second-order valence-corrected chi connectivity index (χ2v) is 3.55. The molecule has 0 saturated carbocycles. The number of ether oxygens (including phenoxy) is 1. The molecule has 0 amide bonds. The summed E-state index contributed by atoms with van der Waals surface area (Å²) in [5.74, 6) is -1.93. The van der Waals surface area contributed by atoms with Gasteiger partial charge in [-0.1, -0.05) is 0 Å². The van der Waals surface area contributed by atoms with Gasteiger partial charge in [-0.2, -0.15) is 13.2 Å². The first-order valence-corrected chi connectivity index (χ1v) is 5.14. The van der Waals surface area contributed by atoms with Gasteiger partial charge in [0, 0.05) is 5.88 Å². The predicted octanol–water partition coefficient (Wildman–Crippen LogP) is 3.23. The maximum Gasteiger partial charge on any atom is 0.573 e. The fourth-order valence-corrected chi connectivity index (χ4v) is 1.46. The number of aliphatic hydroxyl groups is 1. The average Bonchev–Trinajstić information content (AvgIpc) is 2.24. The van der Waals surface area contributed by atoms with Gasteiger partial charge in [0.05, 0.1) is 12.3 Å². The molecule has 0 spiro atoms. The van der Waals surface area contributed by atoms with E-state index in [0.29, 0.717) is 6.07 Å². The van der Waals surface area contributed by atoms with Crippen molar-refractivity contribution >= 4 is 11.6 Å². The van der Waals surface area contributed by atoms with Crippen LogP contribution >= 0.6 is 11.6 Å². The van der Waals surface area contributed by atoms with E-state index in [1.54, 1.807) is 0 Å². The number of nitrogens with zero attached hydrogens (tertiary/aromatic N) is 1. The Morgan fingerprint density at radius 1 is 1.21 bits per heavy atom.